The number of hydrogen-bond acceptors (Lipinski definition) is 4. The Hall–Kier alpha value is -2.44. The van der Waals surface area contributed by atoms with Crippen LogP contribution >= 0.6 is 0 Å². The molecule has 0 unspecified atom stereocenters. The maximum atomic E-state index is 12.2. The van der Waals surface area contributed by atoms with Gasteiger partial charge < -0.3 is 25.0 Å². The van der Waals surface area contributed by atoms with Crippen LogP contribution in [0.5, 0.6) is 11.5 Å². The topological polar surface area (TPSA) is 75.2 Å². The highest BCUT2D eigenvalue weighted by Gasteiger charge is 2.20. The van der Waals surface area contributed by atoms with Crippen LogP contribution in [0.2, 0.25) is 0 Å². The van der Waals surface area contributed by atoms with Gasteiger partial charge in [-0.2, -0.15) is 0 Å². The zero-order valence-electron chi connectivity index (χ0n) is 18.3. The number of rotatable bonds is 9. The second kappa shape index (κ2) is 12.2. The molecule has 0 aromatic heterocycles. The molecular formula is C22H36N4O3. The normalized spacial score (nSPS) is 15.0. The van der Waals surface area contributed by atoms with Crippen molar-refractivity contribution < 1.29 is 14.3 Å². The van der Waals surface area contributed by atoms with Gasteiger partial charge in [0.2, 0.25) is 5.91 Å². The number of benzene rings is 1. The average Bonchev–Trinajstić information content (AvgIpc) is 2.77. The molecule has 1 aliphatic carbocycles. The first-order valence-corrected chi connectivity index (χ1v) is 10.5. The van der Waals surface area contributed by atoms with Crippen LogP contribution in [-0.2, 0) is 11.2 Å². The number of likely N-dealkylation sites (N-methyl/N-ethyl adjacent to an activating group) is 1. The molecule has 1 aromatic rings. The summed E-state index contributed by atoms with van der Waals surface area (Å²) in [6.45, 7) is 2.08. The van der Waals surface area contributed by atoms with Gasteiger partial charge >= 0.3 is 0 Å². The van der Waals surface area contributed by atoms with Gasteiger partial charge in [0.15, 0.2) is 17.5 Å². The molecule has 7 heteroatoms. The quantitative estimate of drug-likeness (QED) is 0.376. The molecular weight excluding hydrogens is 368 g/mol. The van der Waals surface area contributed by atoms with Gasteiger partial charge in [0.1, 0.15) is 0 Å². The summed E-state index contributed by atoms with van der Waals surface area (Å²) in [6, 6.07) is 5.98. The molecule has 2 N–H and O–H groups in total. The number of nitrogens with zero attached hydrogens (tertiary/aromatic N) is 2. The van der Waals surface area contributed by atoms with E-state index in [9.17, 15) is 4.79 Å². The van der Waals surface area contributed by atoms with E-state index in [0.717, 1.165) is 43.3 Å². The Labute approximate surface area is 174 Å². The van der Waals surface area contributed by atoms with E-state index in [4.69, 9.17) is 9.47 Å². The lowest BCUT2D eigenvalue weighted by Crippen LogP contribution is -2.44. The fourth-order valence-electron chi connectivity index (χ4n) is 3.69. The van der Waals surface area contributed by atoms with Crippen LogP contribution in [0.3, 0.4) is 0 Å². The zero-order valence-corrected chi connectivity index (χ0v) is 18.3. The third-order valence-corrected chi connectivity index (χ3v) is 5.44. The van der Waals surface area contributed by atoms with Gasteiger partial charge in [-0.3, -0.25) is 9.79 Å². The molecule has 0 atom stereocenters. The Morgan fingerprint density at radius 2 is 1.79 bits per heavy atom. The summed E-state index contributed by atoms with van der Waals surface area (Å²) in [5.74, 6) is 2.69. The van der Waals surface area contributed by atoms with Gasteiger partial charge in [-0.1, -0.05) is 25.3 Å². The molecule has 0 saturated heterocycles. The van der Waals surface area contributed by atoms with E-state index in [0.29, 0.717) is 13.1 Å². The number of guanidine groups is 1. The van der Waals surface area contributed by atoms with Crippen molar-refractivity contribution in [1.82, 2.24) is 15.5 Å². The van der Waals surface area contributed by atoms with Gasteiger partial charge in [0.05, 0.1) is 14.2 Å². The fraction of sp³-hybridized carbons (Fsp3) is 0.636. The number of hydrogen-bond donors (Lipinski definition) is 2. The van der Waals surface area contributed by atoms with E-state index in [1.165, 1.54) is 24.8 Å². The molecule has 162 valence electrons. The van der Waals surface area contributed by atoms with Crippen molar-refractivity contribution in [3.63, 3.8) is 0 Å². The highest BCUT2D eigenvalue weighted by molar-refractivity contribution is 5.80. The number of carbonyl (C=O) groups excluding carboxylic acids is 1. The summed E-state index contributed by atoms with van der Waals surface area (Å²) in [6.07, 6.45) is 6.52. The predicted molar refractivity (Wildman–Crippen MR) is 117 cm³/mol. The van der Waals surface area contributed by atoms with Crippen molar-refractivity contribution >= 4 is 11.9 Å². The minimum Gasteiger partial charge on any atom is -0.493 e. The summed E-state index contributed by atoms with van der Waals surface area (Å²) in [5, 5.41) is 6.37. The van der Waals surface area contributed by atoms with Gasteiger partial charge in [-0.25, -0.2) is 0 Å². The van der Waals surface area contributed by atoms with Crippen LogP contribution in [0, 0.1) is 5.92 Å². The number of ether oxygens (including phenoxy) is 2. The number of nitrogens with one attached hydrogen (secondary N) is 2. The Balaban J connectivity index is 1.73. The second-order valence-corrected chi connectivity index (χ2v) is 7.46. The van der Waals surface area contributed by atoms with Crippen LogP contribution in [0.25, 0.3) is 0 Å². The number of aliphatic imine (C=N–C) groups is 1. The maximum Gasteiger partial charge on any atom is 0.223 e. The Morgan fingerprint density at radius 3 is 2.45 bits per heavy atom. The smallest absolute Gasteiger partial charge is 0.223 e. The van der Waals surface area contributed by atoms with Crippen molar-refractivity contribution in [3.8, 4) is 11.5 Å². The fourth-order valence-corrected chi connectivity index (χ4v) is 3.69. The standard InChI is InChI=1S/C22H36N4O3/c1-23-22(25-14-13-24-21(27)18-8-6-5-7-9-18)26(2)15-12-17-10-11-19(28-3)20(16-17)29-4/h10-11,16,18H,5-9,12-15H2,1-4H3,(H,23,25)(H,24,27). The molecule has 0 bridgehead atoms. The van der Waals surface area contributed by atoms with E-state index >= 15 is 0 Å². The first-order valence-electron chi connectivity index (χ1n) is 10.5. The molecule has 7 nitrogen and oxygen atoms in total. The lowest BCUT2D eigenvalue weighted by atomic mass is 9.89. The number of methoxy groups -OCH3 is 2. The van der Waals surface area contributed by atoms with Crippen LogP contribution in [0.4, 0.5) is 0 Å². The summed E-state index contributed by atoms with van der Waals surface area (Å²) in [7, 11) is 7.07. The summed E-state index contributed by atoms with van der Waals surface area (Å²) in [4.78, 5) is 18.6. The van der Waals surface area contributed by atoms with Gasteiger partial charge in [-0.15, -0.1) is 0 Å². The Morgan fingerprint density at radius 1 is 1.10 bits per heavy atom. The van der Waals surface area contributed by atoms with E-state index < -0.39 is 0 Å². The summed E-state index contributed by atoms with van der Waals surface area (Å²) < 4.78 is 10.7. The molecule has 0 radical (unpaired) electrons. The molecule has 1 fully saturated rings. The Kier molecular flexibility index (Phi) is 9.60. The molecule has 0 heterocycles. The van der Waals surface area contributed by atoms with E-state index in [2.05, 4.69) is 20.5 Å². The first kappa shape index (κ1) is 22.8. The van der Waals surface area contributed by atoms with Crippen molar-refractivity contribution in [2.45, 2.75) is 38.5 Å². The first-order chi connectivity index (χ1) is 14.1. The highest BCUT2D eigenvalue weighted by Crippen LogP contribution is 2.27. The monoisotopic (exact) mass is 404 g/mol. The van der Waals surface area contributed by atoms with Crippen LogP contribution in [0.15, 0.2) is 23.2 Å². The van der Waals surface area contributed by atoms with Gasteiger partial charge in [0, 0.05) is 39.6 Å². The van der Waals surface area contributed by atoms with Crippen molar-refractivity contribution in [1.29, 1.82) is 0 Å². The van der Waals surface area contributed by atoms with Crippen LogP contribution in [0.1, 0.15) is 37.7 Å². The third kappa shape index (κ3) is 7.15. The third-order valence-electron chi connectivity index (χ3n) is 5.44. The molecule has 1 aliphatic rings. The number of amides is 1. The minimum absolute atomic E-state index is 0.197. The minimum atomic E-state index is 0.197. The predicted octanol–water partition coefficient (Wildman–Crippen LogP) is 2.45. The molecule has 0 spiro atoms. The second-order valence-electron chi connectivity index (χ2n) is 7.46. The van der Waals surface area contributed by atoms with Crippen LogP contribution in [-0.4, -0.2) is 64.7 Å². The largest absolute Gasteiger partial charge is 0.493 e. The van der Waals surface area contributed by atoms with Crippen molar-refractivity contribution in [2.24, 2.45) is 10.9 Å². The maximum absolute atomic E-state index is 12.2. The van der Waals surface area contributed by atoms with Crippen molar-refractivity contribution in [3.05, 3.63) is 23.8 Å². The molecule has 1 amide bonds. The zero-order chi connectivity index (χ0) is 21.1. The molecule has 0 aliphatic heterocycles. The lowest BCUT2D eigenvalue weighted by molar-refractivity contribution is -0.125. The molecule has 2 rings (SSSR count). The van der Waals surface area contributed by atoms with E-state index in [1.807, 2.05) is 25.2 Å². The van der Waals surface area contributed by atoms with Gasteiger partial charge in [0.25, 0.3) is 0 Å². The van der Waals surface area contributed by atoms with E-state index in [1.54, 1.807) is 21.3 Å². The van der Waals surface area contributed by atoms with Gasteiger partial charge in [-0.05, 0) is 37.0 Å². The molecule has 29 heavy (non-hydrogen) atoms. The number of carbonyl (C=O) groups is 1. The van der Waals surface area contributed by atoms with Crippen LogP contribution < -0.4 is 20.1 Å². The Bertz CT molecular complexity index is 672. The lowest BCUT2D eigenvalue weighted by Gasteiger charge is -2.23. The SMILES string of the molecule is CN=C(NCCNC(=O)C1CCCCC1)N(C)CCc1ccc(OC)c(OC)c1. The average molecular weight is 405 g/mol. The summed E-state index contributed by atoms with van der Waals surface area (Å²) in [5.41, 5.74) is 1.17. The van der Waals surface area contributed by atoms with Crippen molar-refractivity contribution in [2.75, 3.05) is 47.9 Å². The van der Waals surface area contributed by atoms with E-state index in [-0.39, 0.29) is 11.8 Å². The molecule has 1 saturated carbocycles. The summed E-state index contributed by atoms with van der Waals surface area (Å²) >= 11 is 0. The highest BCUT2D eigenvalue weighted by atomic mass is 16.5. The molecule has 1 aromatic carbocycles.